The monoisotopic (exact) mass is 455 g/mol. The molecule has 1 atom stereocenters. The summed E-state index contributed by atoms with van der Waals surface area (Å²) in [6.07, 6.45) is -1.16. The van der Waals surface area contributed by atoms with E-state index in [1.807, 2.05) is 32.9 Å². The van der Waals surface area contributed by atoms with Gasteiger partial charge in [0.1, 0.15) is 5.75 Å². The van der Waals surface area contributed by atoms with Crippen LogP contribution in [0.4, 0.5) is 5.69 Å². The molecule has 34 heavy (non-hydrogen) atoms. The van der Waals surface area contributed by atoms with E-state index in [4.69, 9.17) is 9.47 Å². The molecule has 0 aliphatic carbocycles. The summed E-state index contributed by atoms with van der Waals surface area (Å²) in [5.74, 6) is -0.585. The zero-order valence-corrected chi connectivity index (χ0v) is 19.2. The molecule has 4 aromatic rings. The van der Waals surface area contributed by atoms with Crippen LogP contribution in [0.5, 0.6) is 5.75 Å². The molecule has 0 aliphatic rings. The number of ether oxygens (including phenoxy) is 2. The lowest BCUT2D eigenvalue weighted by atomic mass is 10.1. The number of nitrogens with zero attached hydrogens (tertiary/aromatic N) is 2. The molecule has 0 aliphatic heterocycles. The minimum absolute atomic E-state index is 0.286. The molecule has 0 saturated heterocycles. The first-order chi connectivity index (χ1) is 16.5. The summed E-state index contributed by atoms with van der Waals surface area (Å²) in [5.41, 5.74) is 4.22. The van der Waals surface area contributed by atoms with Gasteiger partial charge in [0, 0.05) is 5.56 Å². The Morgan fingerprint density at radius 2 is 1.56 bits per heavy atom. The molecule has 4 rings (SSSR count). The lowest BCUT2D eigenvalue weighted by molar-refractivity contribution is -0.125. The van der Waals surface area contributed by atoms with Crippen LogP contribution in [-0.2, 0) is 9.53 Å². The van der Waals surface area contributed by atoms with E-state index in [-0.39, 0.29) is 5.56 Å². The van der Waals surface area contributed by atoms with Crippen molar-refractivity contribution < 1.29 is 19.1 Å². The molecular formula is C27H25N3O4. The highest BCUT2D eigenvalue weighted by Gasteiger charge is 2.27. The molecule has 0 saturated carbocycles. The number of carbonyl (C=O) groups excluding carboxylic acids is 2. The van der Waals surface area contributed by atoms with Crippen molar-refractivity contribution in [2.24, 2.45) is 0 Å². The van der Waals surface area contributed by atoms with Gasteiger partial charge in [0.05, 0.1) is 40.3 Å². The van der Waals surface area contributed by atoms with Crippen LogP contribution in [-0.4, -0.2) is 28.5 Å². The SMILES string of the molecule is CCOc1ccccc1NC(=O)C(OC(=O)c1ccc2nc(C)c(C)nc2c1)c1ccccc1. The van der Waals surface area contributed by atoms with Crippen molar-refractivity contribution in [2.45, 2.75) is 26.9 Å². The lowest BCUT2D eigenvalue weighted by Crippen LogP contribution is -2.26. The quantitative estimate of drug-likeness (QED) is 0.386. The van der Waals surface area contributed by atoms with E-state index >= 15 is 0 Å². The Hall–Kier alpha value is -4.26. The number of aryl methyl sites for hydroxylation is 2. The number of nitrogens with one attached hydrogen (secondary N) is 1. The Kier molecular flexibility index (Phi) is 6.82. The molecule has 7 heteroatoms. The Bertz CT molecular complexity index is 1340. The summed E-state index contributed by atoms with van der Waals surface area (Å²) in [4.78, 5) is 35.3. The predicted octanol–water partition coefficient (Wildman–Crippen LogP) is 5.18. The van der Waals surface area contributed by atoms with Gasteiger partial charge in [-0.15, -0.1) is 0 Å². The van der Waals surface area contributed by atoms with Gasteiger partial charge in [-0.2, -0.15) is 0 Å². The Balaban J connectivity index is 1.62. The number of para-hydroxylation sites is 2. The molecule has 0 bridgehead atoms. The maximum absolute atomic E-state index is 13.3. The van der Waals surface area contributed by atoms with Crippen LogP contribution in [0.1, 0.15) is 40.3 Å². The maximum Gasteiger partial charge on any atom is 0.339 e. The average Bonchev–Trinajstić information content (AvgIpc) is 2.84. The van der Waals surface area contributed by atoms with Gasteiger partial charge in [0.2, 0.25) is 6.10 Å². The fourth-order valence-corrected chi connectivity index (χ4v) is 3.48. The maximum atomic E-state index is 13.3. The third-order valence-corrected chi connectivity index (χ3v) is 5.32. The van der Waals surface area contributed by atoms with Crippen molar-refractivity contribution in [3.63, 3.8) is 0 Å². The highest BCUT2D eigenvalue weighted by molar-refractivity contribution is 5.99. The molecule has 1 aromatic heterocycles. The third kappa shape index (κ3) is 5.04. The molecule has 1 amide bonds. The summed E-state index contributed by atoms with van der Waals surface area (Å²) >= 11 is 0. The Morgan fingerprint density at radius 1 is 0.882 bits per heavy atom. The van der Waals surface area contributed by atoms with Gasteiger partial charge >= 0.3 is 5.97 Å². The van der Waals surface area contributed by atoms with Gasteiger partial charge in [0.25, 0.3) is 5.91 Å². The predicted molar refractivity (Wildman–Crippen MR) is 130 cm³/mol. The normalized spacial score (nSPS) is 11.6. The van der Waals surface area contributed by atoms with Gasteiger partial charge in [-0.1, -0.05) is 42.5 Å². The fourth-order valence-electron chi connectivity index (χ4n) is 3.48. The molecule has 1 heterocycles. The van der Waals surface area contributed by atoms with Crippen molar-refractivity contribution in [1.29, 1.82) is 0 Å². The molecule has 0 spiro atoms. The van der Waals surface area contributed by atoms with Crippen molar-refractivity contribution in [1.82, 2.24) is 9.97 Å². The van der Waals surface area contributed by atoms with E-state index in [0.717, 1.165) is 11.4 Å². The second-order valence-corrected chi connectivity index (χ2v) is 7.71. The topological polar surface area (TPSA) is 90.4 Å². The van der Waals surface area contributed by atoms with E-state index in [1.54, 1.807) is 60.7 Å². The largest absolute Gasteiger partial charge is 0.492 e. The van der Waals surface area contributed by atoms with Crippen LogP contribution < -0.4 is 10.1 Å². The van der Waals surface area contributed by atoms with Crippen LogP contribution >= 0.6 is 0 Å². The van der Waals surface area contributed by atoms with E-state index in [2.05, 4.69) is 15.3 Å². The molecule has 1 unspecified atom stereocenters. The standard InChI is InChI=1S/C27H25N3O4/c1-4-33-24-13-9-8-12-22(24)30-26(31)25(19-10-6-5-7-11-19)34-27(32)20-14-15-21-23(16-20)29-18(3)17(2)28-21/h5-16,25H,4H2,1-3H3,(H,30,31). The number of anilines is 1. The summed E-state index contributed by atoms with van der Waals surface area (Å²) in [6.45, 7) is 6.07. The number of esters is 1. The van der Waals surface area contributed by atoms with Gasteiger partial charge in [-0.25, -0.2) is 14.8 Å². The first-order valence-corrected chi connectivity index (χ1v) is 11.0. The van der Waals surface area contributed by atoms with Gasteiger partial charge in [-0.3, -0.25) is 4.79 Å². The smallest absolute Gasteiger partial charge is 0.339 e. The van der Waals surface area contributed by atoms with Crippen LogP contribution in [0.3, 0.4) is 0 Å². The number of hydrogen-bond acceptors (Lipinski definition) is 6. The minimum atomic E-state index is -1.16. The number of benzene rings is 3. The van der Waals surface area contributed by atoms with E-state index in [1.165, 1.54) is 0 Å². The van der Waals surface area contributed by atoms with E-state index in [0.29, 0.717) is 34.6 Å². The molecule has 7 nitrogen and oxygen atoms in total. The molecule has 1 N–H and O–H groups in total. The zero-order chi connectivity index (χ0) is 24.1. The third-order valence-electron chi connectivity index (χ3n) is 5.32. The number of carbonyl (C=O) groups is 2. The van der Waals surface area contributed by atoms with E-state index in [9.17, 15) is 9.59 Å². The molecule has 3 aromatic carbocycles. The van der Waals surface area contributed by atoms with Gasteiger partial charge < -0.3 is 14.8 Å². The van der Waals surface area contributed by atoms with Gasteiger partial charge in [0.15, 0.2) is 0 Å². The summed E-state index contributed by atoms with van der Waals surface area (Å²) in [5, 5.41) is 2.83. The summed E-state index contributed by atoms with van der Waals surface area (Å²) in [7, 11) is 0. The van der Waals surface area contributed by atoms with Crippen LogP contribution in [0.2, 0.25) is 0 Å². The summed E-state index contributed by atoms with van der Waals surface area (Å²) < 4.78 is 11.3. The van der Waals surface area contributed by atoms with Crippen molar-refractivity contribution in [2.75, 3.05) is 11.9 Å². The highest BCUT2D eigenvalue weighted by Crippen LogP contribution is 2.27. The lowest BCUT2D eigenvalue weighted by Gasteiger charge is -2.19. The summed E-state index contributed by atoms with van der Waals surface area (Å²) in [6, 6.07) is 21.0. The van der Waals surface area contributed by atoms with Crippen LogP contribution in [0.25, 0.3) is 11.0 Å². The molecule has 0 fully saturated rings. The number of fused-ring (bicyclic) bond motifs is 1. The number of amides is 1. The number of aromatic nitrogens is 2. The Labute approximate surface area is 197 Å². The van der Waals surface area contributed by atoms with Crippen LogP contribution in [0, 0.1) is 13.8 Å². The average molecular weight is 456 g/mol. The second kappa shape index (κ2) is 10.1. The number of hydrogen-bond donors (Lipinski definition) is 1. The highest BCUT2D eigenvalue weighted by atomic mass is 16.5. The van der Waals surface area contributed by atoms with Gasteiger partial charge in [-0.05, 0) is 51.1 Å². The molecule has 172 valence electrons. The van der Waals surface area contributed by atoms with Crippen molar-refractivity contribution >= 4 is 28.6 Å². The first kappa shape index (κ1) is 22.9. The molecule has 0 radical (unpaired) electrons. The van der Waals surface area contributed by atoms with Crippen LogP contribution in [0.15, 0.2) is 72.8 Å². The second-order valence-electron chi connectivity index (χ2n) is 7.71. The molecular weight excluding hydrogens is 430 g/mol. The first-order valence-electron chi connectivity index (χ1n) is 11.0. The Morgan fingerprint density at radius 3 is 2.29 bits per heavy atom. The number of rotatable bonds is 7. The van der Waals surface area contributed by atoms with Crippen molar-refractivity contribution in [3.8, 4) is 5.75 Å². The van der Waals surface area contributed by atoms with Crippen molar-refractivity contribution in [3.05, 3.63) is 95.3 Å². The van der Waals surface area contributed by atoms with E-state index < -0.39 is 18.0 Å². The fraction of sp³-hybridized carbons (Fsp3) is 0.185. The zero-order valence-electron chi connectivity index (χ0n) is 19.2. The minimum Gasteiger partial charge on any atom is -0.492 e.